The molecule has 0 unspecified atom stereocenters. The normalized spacial score (nSPS) is 18.0. The molecule has 0 fully saturated rings. The van der Waals surface area contributed by atoms with Crippen molar-refractivity contribution in [3.8, 4) is 0 Å². The zero-order valence-corrected chi connectivity index (χ0v) is 11.9. The van der Waals surface area contributed by atoms with E-state index in [9.17, 15) is 15.3 Å². The van der Waals surface area contributed by atoms with E-state index in [0.29, 0.717) is 5.69 Å². The number of hydrazone groups is 1. The number of nitrogens with one attached hydrogen (secondary N) is 1. The van der Waals surface area contributed by atoms with Crippen LogP contribution in [0.4, 0.5) is 5.69 Å². The average molecular weight is 333 g/mol. The van der Waals surface area contributed by atoms with Crippen LogP contribution in [0, 0.1) is 0 Å². The van der Waals surface area contributed by atoms with Crippen molar-refractivity contribution in [1.82, 2.24) is 0 Å². The third-order valence-corrected chi connectivity index (χ3v) is 2.99. The summed E-state index contributed by atoms with van der Waals surface area (Å²) < 4.78 is 0.928. The average Bonchev–Trinajstić information content (AvgIpc) is 2.39. The zero-order chi connectivity index (χ0) is 14.4. The van der Waals surface area contributed by atoms with E-state index in [1.807, 2.05) is 12.1 Å². The minimum atomic E-state index is -1.50. The molecule has 0 aromatic heterocycles. The van der Waals surface area contributed by atoms with Gasteiger partial charge in [-0.05, 0) is 31.2 Å². The number of anilines is 1. The maximum Gasteiger partial charge on any atom is 0.119 e. The highest BCUT2D eigenvalue weighted by molar-refractivity contribution is 9.10. The van der Waals surface area contributed by atoms with Gasteiger partial charge in [0.1, 0.15) is 18.3 Å². The van der Waals surface area contributed by atoms with E-state index in [0.717, 1.165) is 10.7 Å². The van der Waals surface area contributed by atoms with Gasteiger partial charge in [-0.1, -0.05) is 15.9 Å². The molecule has 1 aromatic rings. The van der Waals surface area contributed by atoms with Gasteiger partial charge < -0.3 is 20.4 Å². The van der Waals surface area contributed by atoms with Crippen LogP contribution in [0.15, 0.2) is 33.8 Å². The molecule has 0 aliphatic carbocycles. The van der Waals surface area contributed by atoms with Crippen LogP contribution >= 0.6 is 15.9 Å². The molecule has 0 radical (unpaired) electrons. The first-order valence-corrected chi connectivity index (χ1v) is 6.48. The first-order chi connectivity index (χ1) is 8.91. The van der Waals surface area contributed by atoms with Gasteiger partial charge in [-0.2, -0.15) is 5.10 Å². The lowest BCUT2D eigenvalue weighted by molar-refractivity contribution is -0.0820. The fourth-order valence-corrected chi connectivity index (χ4v) is 1.55. The van der Waals surface area contributed by atoms with Gasteiger partial charge >= 0.3 is 0 Å². The van der Waals surface area contributed by atoms with Crippen LogP contribution in [-0.4, -0.2) is 51.1 Å². The lowest BCUT2D eigenvalue weighted by Gasteiger charge is -2.22. The Labute approximate surface area is 119 Å². The van der Waals surface area contributed by atoms with Crippen molar-refractivity contribution in [1.29, 1.82) is 0 Å². The molecule has 106 valence electrons. The lowest BCUT2D eigenvalue weighted by Crippen LogP contribution is -2.44. The smallest absolute Gasteiger partial charge is 0.119 e. The van der Waals surface area contributed by atoms with Gasteiger partial charge in [0, 0.05) is 4.47 Å². The molecule has 0 heterocycles. The molecule has 0 aliphatic rings. The molecule has 0 bridgehead atoms. The van der Waals surface area contributed by atoms with E-state index in [1.54, 1.807) is 12.1 Å². The molecule has 0 spiro atoms. The molecule has 1 rings (SSSR count). The molecule has 0 saturated carbocycles. The summed E-state index contributed by atoms with van der Waals surface area (Å²) in [4.78, 5) is 0. The van der Waals surface area contributed by atoms with Crippen molar-refractivity contribution in [3.63, 3.8) is 0 Å². The lowest BCUT2D eigenvalue weighted by atomic mass is 10.1. The van der Waals surface area contributed by atoms with Crippen molar-refractivity contribution < 1.29 is 20.4 Å². The summed E-state index contributed by atoms with van der Waals surface area (Å²) in [6.45, 7) is 1.32. The Kier molecular flexibility index (Phi) is 6.40. The number of aliphatic hydroxyl groups is 4. The maximum atomic E-state index is 9.54. The second-order valence-corrected chi connectivity index (χ2v) is 5.02. The van der Waals surface area contributed by atoms with E-state index in [4.69, 9.17) is 5.11 Å². The Balaban J connectivity index is 2.50. The highest BCUT2D eigenvalue weighted by atomic mass is 79.9. The number of nitrogens with zero attached hydrogens (tertiary/aromatic N) is 1. The van der Waals surface area contributed by atoms with Gasteiger partial charge in [0.15, 0.2) is 0 Å². The molecular formula is C12H17BrN2O4. The quantitative estimate of drug-likeness (QED) is 0.381. The van der Waals surface area contributed by atoms with E-state index >= 15 is 0 Å². The van der Waals surface area contributed by atoms with E-state index < -0.39 is 24.4 Å². The summed E-state index contributed by atoms with van der Waals surface area (Å²) in [6, 6.07) is 7.18. The van der Waals surface area contributed by atoms with Crippen LogP contribution < -0.4 is 5.43 Å². The Morgan fingerprint density at radius 1 is 1.11 bits per heavy atom. The highest BCUT2D eigenvalue weighted by Crippen LogP contribution is 2.13. The van der Waals surface area contributed by atoms with Gasteiger partial charge in [-0.15, -0.1) is 0 Å². The number of benzene rings is 1. The summed E-state index contributed by atoms with van der Waals surface area (Å²) >= 11 is 3.29. The standard InChI is InChI=1S/C12H17BrN2O4/c1-7(16)11(18)12(19)10(17)6-14-15-9-4-2-8(13)3-5-9/h2-7,10-12,15-19H,1H3/b14-6+/t7-,10+,11+,12-/m1/s1. The Hall–Kier alpha value is -0.990. The minimum absolute atomic E-state index is 0.706. The molecule has 0 aliphatic heterocycles. The third-order valence-electron chi connectivity index (χ3n) is 2.46. The van der Waals surface area contributed by atoms with E-state index in [-0.39, 0.29) is 0 Å². The van der Waals surface area contributed by atoms with Crippen molar-refractivity contribution in [2.24, 2.45) is 5.10 Å². The second-order valence-electron chi connectivity index (χ2n) is 4.11. The fraction of sp³-hybridized carbons (Fsp3) is 0.417. The predicted octanol–water partition coefficient (Wildman–Crippen LogP) is 0.310. The Bertz CT molecular complexity index is 411. The molecule has 5 N–H and O–H groups in total. The molecule has 0 saturated heterocycles. The van der Waals surface area contributed by atoms with Crippen molar-refractivity contribution in [3.05, 3.63) is 28.7 Å². The monoisotopic (exact) mass is 332 g/mol. The maximum absolute atomic E-state index is 9.54. The van der Waals surface area contributed by atoms with Crippen LogP contribution in [0.25, 0.3) is 0 Å². The molecular weight excluding hydrogens is 316 g/mol. The molecule has 4 atom stereocenters. The largest absolute Gasteiger partial charge is 0.391 e. The zero-order valence-electron chi connectivity index (χ0n) is 10.3. The fourth-order valence-electron chi connectivity index (χ4n) is 1.29. The van der Waals surface area contributed by atoms with Gasteiger partial charge in [-0.3, -0.25) is 5.43 Å². The minimum Gasteiger partial charge on any atom is -0.391 e. The van der Waals surface area contributed by atoms with Crippen molar-refractivity contribution >= 4 is 27.8 Å². The summed E-state index contributed by atoms with van der Waals surface area (Å²) in [5, 5.41) is 41.2. The van der Waals surface area contributed by atoms with Gasteiger partial charge in [0.05, 0.1) is 18.0 Å². The van der Waals surface area contributed by atoms with Crippen LogP contribution in [0.3, 0.4) is 0 Å². The number of aliphatic hydroxyl groups excluding tert-OH is 4. The topological polar surface area (TPSA) is 105 Å². The van der Waals surface area contributed by atoms with Crippen LogP contribution in [0.5, 0.6) is 0 Å². The molecule has 1 aromatic carbocycles. The third kappa shape index (κ3) is 5.25. The molecule has 6 nitrogen and oxygen atoms in total. The van der Waals surface area contributed by atoms with Crippen LogP contribution in [0.1, 0.15) is 6.92 Å². The molecule has 0 amide bonds. The number of halogens is 1. The SMILES string of the molecule is C[C@@H](O)[C@H](O)[C@H](O)[C@@H](O)/C=N/Nc1ccc(Br)cc1. The van der Waals surface area contributed by atoms with Crippen LogP contribution in [-0.2, 0) is 0 Å². The summed E-state index contributed by atoms with van der Waals surface area (Å²) in [7, 11) is 0. The van der Waals surface area contributed by atoms with Crippen molar-refractivity contribution in [2.75, 3.05) is 5.43 Å². The summed E-state index contributed by atoms with van der Waals surface area (Å²) in [6.07, 6.45) is -4.41. The van der Waals surface area contributed by atoms with Gasteiger partial charge in [0.2, 0.25) is 0 Å². The second kappa shape index (κ2) is 7.56. The van der Waals surface area contributed by atoms with Gasteiger partial charge in [0.25, 0.3) is 0 Å². The number of hydrogen-bond donors (Lipinski definition) is 5. The molecule has 19 heavy (non-hydrogen) atoms. The first-order valence-electron chi connectivity index (χ1n) is 5.69. The first kappa shape index (κ1) is 16.1. The predicted molar refractivity (Wildman–Crippen MR) is 76.0 cm³/mol. The van der Waals surface area contributed by atoms with Crippen molar-refractivity contribution in [2.45, 2.75) is 31.3 Å². The van der Waals surface area contributed by atoms with Gasteiger partial charge in [-0.25, -0.2) is 0 Å². The highest BCUT2D eigenvalue weighted by Gasteiger charge is 2.26. The van der Waals surface area contributed by atoms with E-state index in [2.05, 4.69) is 26.5 Å². The number of hydrogen-bond acceptors (Lipinski definition) is 6. The number of rotatable bonds is 6. The van der Waals surface area contributed by atoms with Crippen LogP contribution in [0.2, 0.25) is 0 Å². The molecule has 7 heteroatoms. The van der Waals surface area contributed by atoms with E-state index in [1.165, 1.54) is 6.92 Å². The Morgan fingerprint density at radius 2 is 1.68 bits per heavy atom. The summed E-state index contributed by atoms with van der Waals surface area (Å²) in [5.41, 5.74) is 3.36. The Morgan fingerprint density at radius 3 is 2.21 bits per heavy atom. The summed E-state index contributed by atoms with van der Waals surface area (Å²) in [5.74, 6) is 0.